The average molecular weight is 301 g/mol. The minimum absolute atomic E-state index is 0.0767. The quantitative estimate of drug-likeness (QED) is 0.892. The maximum atomic E-state index is 12.3. The Kier molecular flexibility index (Phi) is 5.33. The van der Waals surface area contributed by atoms with Gasteiger partial charge in [0.2, 0.25) is 0 Å². The van der Waals surface area contributed by atoms with Crippen molar-refractivity contribution >= 4 is 5.91 Å². The summed E-state index contributed by atoms with van der Waals surface area (Å²) in [5.41, 5.74) is 1.45. The molecule has 1 aromatic heterocycles. The zero-order valence-electron chi connectivity index (χ0n) is 13.3. The molecule has 2 aromatic rings. The minimum Gasteiger partial charge on any atom is -0.388 e. The van der Waals surface area contributed by atoms with Crippen LogP contribution >= 0.6 is 0 Å². The summed E-state index contributed by atoms with van der Waals surface area (Å²) < 4.78 is 1.76. The molecule has 22 heavy (non-hydrogen) atoms. The molecule has 1 amide bonds. The Bertz CT molecular complexity index is 607. The van der Waals surface area contributed by atoms with Crippen molar-refractivity contribution in [3.8, 4) is 0 Å². The lowest BCUT2D eigenvalue weighted by Crippen LogP contribution is -2.28. The van der Waals surface area contributed by atoms with Crippen molar-refractivity contribution in [2.24, 2.45) is 0 Å². The fourth-order valence-corrected chi connectivity index (χ4v) is 2.21. The molecule has 0 saturated heterocycles. The highest BCUT2D eigenvalue weighted by atomic mass is 16.3. The first-order valence-corrected chi connectivity index (χ1v) is 7.51. The first-order chi connectivity index (χ1) is 10.5. The molecule has 1 aromatic carbocycles. The van der Waals surface area contributed by atoms with Gasteiger partial charge in [0.1, 0.15) is 0 Å². The first kappa shape index (κ1) is 16.2. The molecular formula is C17H23N3O2. The standard InChI is InChI=1S/C17H23N3O2/c1-13(2)20-12-15(11-18-20)17(22)19(3)10-9-16(21)14-7-5-4-6-8-14/h4-8,11-13,16,21H,9-10H2,1-3H3/t16-/m0/s1. The highest BCUT2D eigenvalue weighted by molar-refractivity contribution is 5.93. The van der Waals surface area contributed by atoms with Crippen molar-refractivity contribution in [1.82, 2.24) is 14.7 Å². The van der Waals surface area contributed by atoms with Gasteiger partial charge in [0.15, 0.2) is 0 Å². The van der Waals surface area contributed by atoms with Gasteiger partial charge in [-0.05, 0) is 25.8 Å². The van der Waals surface area contributed by atoms with E-state index in [2.05, 4.69) is 5.10 Å². The van der Waals surface area contributed by atoms with E-state index in [4.69, 9.17) is 0 Å². The molecule has 0 fully saturated rings. The third kappa shape index (κ3) is 3.95. The molecule has 5 nitrogen and oxygen atoms in total. The molecule has 1 atom stereocenters. The number of aliphatic hydroxyl groups is 1. The molecule has 0 aliphatic carbocycles. The van der Waals surface area contributed by atoms with Crippen molar-refractivity contribution in [2.45, 2.75) is 32.4 Å². The maximum Gasteiger partial charge on any atom is 0.256 e. The van der Waals surface area contributed by atoms with Gasteiger partial charge in [-0.25, -0.2) is 0 Å². The van der Waals surface area contributed by atoms with Crippen LogP contribution in [-0.4, -0.2) is 39.3 Å². The van der Waals surface area contributed by atoms with Gasteiger partial charge < -0.3 is 10.0 Å². The van der Waals surface area contributed by atoms with Gasteiger partial charge >= 0.3 is 0 Å². The van der Waals surface area contributed by atoms with Gasteiger partial charge in [-0.1, -0.05) is 30.3 Å². The second kappa shape index (κ2) is 7.22. The second-order valence-electron chi connectivity index (χ2n) is 5.74. The number of carbonyl (C=O) groups excluding carboxylic acids is 1. The van der Waals surface area contributed by atoms with E-state index in [0.29, 0.717) is 18.5 Å². The van der Waals surface area contributed by atoms with Crippen molar-refractivity contribution in [3.05, 3.63) is 53.9 Å². The second-order valence-corrected chi connectivity index (χ2v) is 5.74. The third-order valence-corrected chi connectivity index (χ3v) is 3.65. The number of aromatic nitrogens is 2. The molecule has 0 saturated carbocycles. The van der Waals surface area contributed by atoms with Crippen LogP contribution in [0, 0.1) is 0 Å². The highest BCUT2D eigenvalue weighted by Crippen LogP contribution is 2.16. The highest BCUT2D eigenvalue weighted by Gasteiger charge is 2.16. The van der Waals surface area contributed by atoms with Crippen LogP contribution in [0.25, 0.3) is 0 Å². The van der Waals surface area contributed by atoms with Crippen molar-refractivity contribution in [1.29, 1.82) is 0 Å². The Hall–Kier alpha value is -2.14. The summed E-state index contributed by atoms with van der Waals surface area (Å²) in [5.74, 6) is -0.0767. The molecule has 5 heteroatoms. The molecule has 2 rings (SSSR count). The number of hydrogen-bond acceptors (Lipinski definition) is 3. The van der Waals surface area contributed by atoms with Crippen LogP contribution in [0.15, 0.2) is 42.7 Å². The molecule has 0 bridgehead atoms. The number of amides is 1. The average Bonchev–Trinajstić information content (AvgIpc) is 3.02. The SMILES string of the molecule is CC(C)n1cc(C(=O)N(C)CC[C@H](O)c2ccccc2)cn1. The predicted molar refractivity (Wildman–Crippen MR) is 85.6 cm³/mol. The number of nitrogens with zero attached hydrogens (tertiary/aromatic N) is 3. The van der Waals surface area contributed by atoms with Crippen molar-refractivity contribution in [3.63, 3.8) is 0 Å². The van der Waals surface area contributed by atoms with Crippen LogP contribution in [0.1, 0.15) is 48.3 Å². The van der Waals surface area contributed by atoms with Gasteiger partial charge in [0.05, 0.1) is 17.9 Å². The molecule has 0 aliphatic rings. The zero-order chi connectivity index (χ0) is 16.1. The summed E-state index contributed by atoms with van der Waals surface area (Å²) in [6.45, 7) is 4.52. The summed E-state index contributed by atoms with van der Waals surface area (Å²) in [4.78, 5) is 13.9. The third-order valence-electron chi connectivity index (χ3n) is 3.65. The summed E-state index contributed by atoms with van der Waals surface area (Å²) in [6.07, 6.45) is 3.29. The number of rotatable bonds is 6. The number of hydrogen-bond donors (Lipinski definition) is 1. The number of benzene rings is 1. The molecule has 0 aliphatic heterocycles. The van der Waals surface area contributed by atoms with Crippen molar-refractivity contribution in [2.75, 3.05) is 13.6 Å². The zero-order valence-corrected chi connectivity index (χ0v) is 13.3. The van der Waals surface area contributed by atoms with Gasteiger partial charge in [0.25, 0.3) is 5.91 Å². The Morgan fingerprint density at radius 2 is 2.00 bits per heavy atom. The Morgan fingerprint density at radius 3 is 2.59 bits per heavy atom. The van der Waals surface area contributed by atoms with E-state index in [1.165, 1.54) is 0 Å². The Balaban J connectivity index is 1.91. The van der Waals surface area contributed by atoms with Gasteiger partial charge in [-0.3, -0.25) is 9.48 Å². The molecule has 1 heterocycles. The van der Waals surface area contributed by atoms with Crippen LogP contribution in [0.2, 0.25) is 0 Å². The van der Waals surface area contributed by atoms with Crippen LogP contribution in [0.4, 0.5) is 0 Å². The lowest BCUT2D eigenvalue weighted by atomic mass is 10.1. The van der Waals surface area contributed by atoms with Crippen molar-refractivity contribution < 1.29 is 9.90 Å². The topological polar surface area (TPSA) is 58.4 Å². The van der Waals surface area contributed by atoms with E-state index in [-0.39, 0.29) is 11.9 Å². The summed E-state index contributed by atoms with van der Waals surface area (Å²) in [7, 11) is 1.74. The largest absolute Gasteiger partial charge is 0.388 e. The van der Waals surface area contributed by atoms with Gasteiger partial charge in [0, 0.05) is 25.8 Å². The van der Waals surface area contributed by atoms with Gasteiger partial charge in [-0.2, -0.15) is 5.10 Å². The van der Waals surface area contributed by atoms with E-state index in [0.717, 1.165) is 5.56 Å². The lowest BCUT2D eigenvalue weighted by molar-refractivity contribution is 0.0761. The van der Waals surface area contributed by atoms with E-state index in [1.54, 1.807) is 29.0 Å². The minimum atomic E-state index is -0.560. The normalized spacial score (nSPS) is 12.4. The van der Waals surface area contributed by atoms with E-state index < -0.39 is 6.10 Å². The monoisotopic (exact) mass is 301 g/mol. The summed E-state index contributed by atoms with van der Waals surface area (Å²) in [5, 5.41) is 14.3. The van der Waals surface area contributed by atoms with Gasteiger partial charge in [-0.15, -0.1) is 0 Å². The summed E-state index contributed by atoms with van der Waals surface area (Å²) in [6, 6.07) is 9.71. The molecule has 0 spiro atoms. The maximum absolute atomic E-state index is 12.3. The van der Waals surface area contributed by atoms with E-state index in [9.17, 15) is 9.90 Å². The molecule has 0 unspecified atom stereocenters. The molecular weight excluding hydrogens is 278 g/mol. The van der Waals surface area contributed by atoms with Crippen LogP contribution in [0.3, 0.4) is 0 Å². The smallest absolute Gasteiger partial charge is 0.256 e. The number of carbonyl (C=O) groups is 1. The first-order valence-electron chi connectivity index (χ1n) is 7.51. The fraction of sp³-hybridized carbons (Fsp3) is 0.412. The number of aliphatic hydroxyl groups excluding tert-OH is 1. The Morgan fingerprint density at radius 1 is 1.32 bits per heavy atom. The van der Waals surface area contributed by atoms with Crippen LogP contribution < -0.4 is 0 Å². The fourth-order valence-electron chi connectivity index (χ4n) is 2.21. The van der Waals surface area contributed by atoms with E-state index in [1.807, 2.05) is 44.2 Å². The lowest BCUT2D eigenvalue weighted by Gasteiger charge is -2.19. The predicted octanol–water partition coefficient (Wildman–Crippen LogP) is 2.66. The summed E-state index contributed by atoms with van der Waals surface area (Å²) >= 11 is 0. The van der Waals surface area contributed by atoms with Crippen LogP contribution in [-0.2, 0) is 0 Å². The van der Waals surface area contributed by atoms with Crippen LogP contribution in [0.5, 0.6) is 0 Å². The van der Waals surface area contributed by atoms with E-state index >= 15 is 0 Å². The Labute approximate surface area is 131 Å². The molecule has 0 radical (unpaired) electrons. The molecule has 118 valence electrons. The molecule has 1 N–H and O–H groups in total.